The Hall–Kier alpha value is -2.84. The van der Waals surface area contributed by atoms with Crippen molar-refractivity contribution in [3.05, 3.63) is 71.9 Å². The molecule has 1 aliphatic carbocycles. The topological polar surface area (TPSA) is 94.7 Å². The lowest BCUT2D eigenvalue weighted by atomic mass is 9.80. The predicted octanol–water partition coefficient (Wildman–Crippen LogP) is 4.99. The molecule has 0 bridgehead atoms. The predicted molar refractivity (Wildman–Crippen MR) is 120 cm³/mol. The lowest BCUT2D eigenvalue weighted by Gasteiger charge is -2.36. The Labute approximate surface area is 187 Å². The summed E-state index contributed by atoms with van der Waals surface area (Å²) in [6.07, 6.45) is 5.10. The number of hydrogen-bond acceptors (Lipinski definition) is 6. The highest BCUT2D eigenvalue weighted by atomic mass is 17.0. The van der Waals surface area contributed by atoms with Crippen LogP contribution in [0.25, 0.3) is 10.9 Å². The number of pyridine rings is 1. The summed E-state index contributed by atoms with van der Waals surface area (Å²) in [6, 6.07) is 18.8. The zero-order valence-electron chi connectivity index (χ0n) is 18.3. The van der Waals surface area contributed by atoms with Crippen molar-refractivity contribution in [1.29, 1.82) is 0 Å². The van der Waals surface area contributed by atoms with Gasteiger partial charge in [0.2, 0.25) is 0 Å². The van der Waals surface area contributed by atoms with E-state index in [0.717, 1.165) is 54.3 Å². The summed E-state index contributed by atoms with van der Waals surface area (Å²) in [5.41, 5.74) is 2.56. The van der Waals surface area contributed by atoms with Gasteiger partial charge in [-0.3, -0.25) is 0 Å². The van der Waals surface area contributed by atoms with Crippen molar-refractivity contribution in [2.45, 2.75) is 51.7 Å². The first-order valence-electron chi connectivity index (χ1n) is 11.1. The van der Waals surface area contributed by atoms with Gasteiger partial charge >= 0.3 is 5.91 Å². The van der Waals surface area contributed by atoms with Gasteiger partial charge in [0.25, 0.3) is 0 Å². The largest absolute Gasteiger partial charge is 0.487 e. The summed E-state index contributed by atoms with van der Waals surface area (Å²) >= 11 is 0. The van der Waals surface area contributed by atoms with Crippen LogP contribution in [0.2, 0.25) is 0 Å². The molecule has 0 spiro atoms. The van der Waals surface area contributed by atoms with Crippen LogP contribution in [0.1, 0.15) is 56.3 Å². The fourth-order valence-electron chi connectivity index (χ4n) is 4.65. The highest BCUT2D eigenvalue weighted by molar-refractivity contribution is 5.78. The molecular formula is C25H30N3O4+. The first-order chi connectivity index (χ1) is 15.5. The van der Waals surface area contributed by atoms with Gasteiger partial charge in [-0.1, -0.05) is 48.5 Å². The van der Waals surface area contributed by atoms with Crippen LogP contribution >= 0.6 is 0 Å². The van der Waals surface area contributed by atoms with Crippen molar-refractivity contribution < 1.29 is 24.5 Å². The maximum absolute atomic E-state index is 12.3. The highest BCUT2D eigenvalue weighted by Gasteiger charge is 2.50. The fourth-order valence-corrected chi connectivity index (χ4v) is 4.65. The van der Waals surface area contributed by atoms with Crippen molar-refractivity contribution in [3.63, 3.8) is 0 Å². The Kier molecular flexibility index (Phi) is 6.81. The molecule has 2 atom stereocenters. The summed E-state index contributed by atoms with van der Waals surface area (Å²) in [5, 5.41) is 12.1. The number of para-hydroxylation sites is 1. The smallest absolute Gasteiger partial charge is 0.377 e. The maximum Gasteiger partial charge on any atom is 0.377 e. The van der Waals surface area contributed by atoms with E-state index < -0.39 is 16.8 Å². The standard InChI is InChI=1S/C25H30N3O4/c1-18(29)28(30,32-26)25(20-8-3-2-4-9-20)21-12-15-23(16-13-21)31-17-22-14-11-19-7-5-6-10-24(19)27-22/h5-7,10-16,20,25,30H,2-4,8-9,17,26H2,1H3/q+1. The molecule has 32 heavy (non-hydrogen) atoms. The first kappa shape index (κ1) is 22.4. The van der Waals surface area contributed by atoms with Crippen molar-refractivity contribution in [2.24, 2.45) is 11.8 Å². The number of benzene rings is 2. The van der Waals surface area contributed by atoms with Gasteiger partial charge in [0, 0.05) is 21.7 Å². The zero-order chi connectivity index (χ0) is 22.6. The number of amides is 1. The second-order valence-corrected chi connectivity index (χ2v) is 8.44. The molecule has 1 saturated carbocycles. The van der Waals surface area contributed by atoms with E-state index in [1.165, 1.54) is 6.92 Å². The molecule has 1 aliphatic rings. The molecular weight excluding hydrogens is 406 g/mol. The third-order valence-corrected chi connectivity index (χ3v) is 6.35. The third-order valence-electron chi connectivity index (χ3n) is 6.35. The summed E-state index contributed by atoms with van der Waals surface area (Å²) < 4.78 is 5.93. The molecule has 1 amide bonds. The summed E-state index contributed by atoms with van der Waals surface area (Å²) in [7, 11) is 0. The lowest BCUT2D eigenvalue weighted by Crippen LogP contribution is -2.55. The number of carbonyl (C=O) groups excluding carboxylic acids is 1. The number of ether oxygens (including phenoxy) is 1. The summed E-state index contributed by atoms with van der Waals surface area (Å²) in [6.45, 7) is 1.63. The van der Waals surface area contributed by atoms with Gasteiger partial charge < -0.3 is 4.74 Å². The van der Waals surface area contributed by atoms with E-state index in [9.17, 15) is 10.0 Å². The molecule has 0 radical (unpaired) electrons. The van der Waals surface area contributed by atoms with Gasteiger partial charge in [0.1, 0.15) is 12.4 Å². The normalized spacial score (nSPS) is 17.6. The van der Waals surface area contributed by atoms with E-state index in [-0.39, 0.29) is 5.92 Å². The molecule has 7 nitrogen and oxygen atoms in total. The minimum absolute atomic E-state index is 0.0924. The monoisotopic (exact) mass is 436 g/mol. The molecule has 3 N–H and O–H groups in total. The molecule has 1 aromatic heterocycles. The molecule has 2 aromatic carbocycles. The number of hydroxylamine groups is 4. The summed E-state index contributed by atoms with van der Waals surface area (Å²) in [5.74, 6) is 5.63. The van der Waals surface area contributed by atoms with Gasteiger partial charge in [-0.2, -0.15) is 11.1 Å². The van der Waals surface area contributed by atoms with Gasteiger partial charge in [-0.25, -0.2) is 9.78 Å². The van der Waals surface area contributed by atoms with E-state index in [4.69, 9.17) is 15.6 Å². The number of quaternary nitrogens is 1. The maximum atomic E-state index is 12.3. The second-order valence-electron chi connectivity index (χ2n) is 8.44. The van der Waals surface area contributed by atoms with Crippen LogP contribution in [0.3, 0.4) is 0 Å². The fraction of sp³-hybridized carbons (Fsp3) is 0.360. The number of aromatic nitrogens is 1. The number of nitrogens with two attached hydrogens (primary N) is 1. The Morgan fingerprint density at radius 3 is 2.50 bits per heavy atom. The molecule has 7 heteroatoms. The van der Waals surface area contributed by atoms with Gasteiger partial charge in [-0.15, -0.1) is 0 Å². The van der Waals surface area contributed by atoms with Crippen LogP contribution in [-0.4, -0.2) is 20.9 Å². The number of carbonyl (C=O) groups is 1. The first-order valence-corrected chi connectivity index (χ1v) is 11.1. The second kappa shape index (κ2) is 9.75. The van der Waals surface area contributed by atoms with Crippen LogP contribution in [0.5, 0.6) is 5.75 Å². The molecule has 2 unspecified atom stereocenters. The number of nitrogens with zero attached hydrogens (tertiary/aromatic N) is 2. The van der Waals surface area contributed by atoms with Crippen molar-refractivity contribution in [2.75, 3.05) is 0 Å². The van der Waals surface area contributed by atoms with Crippen LogP contribution in [0, 0.1) is 5.92 Å². The molecule has 0 saturated heterocycles. The quantitative estimate of drug-likeness (QED) is 0.308. The van der Waals surface area contributed by atoms with Crippen LogP contribution < -0.4 is 10.6 Å². The Bertz CT molecular complexity index is 1070. The van der Waals surface area contributed by atoms with Crippen LogP contribution in [0.15, 0.2) is 60.7 Å². The van der Waals surface area contributed by atoms with Gasteiger partial charge in [-0.05, 0) is 49.2 Å². The average molecular weight is 437 g/mol. The van der Waals surface area contributed by atoms with Crippen molar-refractivity contribution >= 4 is 16.8 Å². The number of fused-ring (bicyclic) bond motifs is 1. The number of rotatable bonds is 7. The molecule has 1 fully saturated rings. The van der Waals surface area contributed by atoms with E-state index in [0.29, 0.717) is 12.4 Å². The van der Waals surface area contributed by atoms with E-state index in [2.05, 4.69) is 4.98 Å². The number of hydrogen-bond donors (Lipinski definition) is 2. The SMILES string of the molecule is CC(=O)[N+](O)(ON)C(c1ccc(OCc2ccc3ccccc3n2)cc1)C1CCCCC1. The van der Waals surface area contributed by atoms with Crippen molar-refractivity contribution in [3.8, 4) is 5.75 Å². The van der Waals surface area contributed by atoms with Gasteiger partial charge in [0.15, 0.2) is 6.04 Å². The molecule has 168 valence electrons. The van der Waals surface area contributed by atoms with E-state index in [1.54, 1.807) is 0 Å². The van der Waals surface area contributed by atoms with Crippen LogP contribution in [0.4, 0.5) is 0 Å². The minimum Gasteiger partial charge on any atom is -0.487 e. The van der Waals surface area contributed by atoms with Gasteiger partial charge in [0.05, 0.1) is 18.1 Å². The van der Waals surface area contributed by atoms with Crippen LogP contribution in [-0.2, 0) is 16.3 Å². The minimum atomic E-state index is -1.26. The Morgan fingerprint density at radius 2 is 1.81 bits per heavy atom. The Balaban J connectivity index is 1.52. The third kappa shape index (κ3) is 4.66. The lowest BCUT2D eigenvalue weighted by molar-refractivity contribution is -1.21. The molecule has 0 aliphatic heterocycles. The molecule has 1 heterocycles. The summed E-state index contributed by atoms with van der Waals surface area (Å²) in [4.78, 5) is 20.5. The van der Waals surface area contributed by atoms with E-state index >= 15 is 0 Å². The van der Waals surface area contributed by atoms with E-state index in [1.807, 2.05) is 60.7 Å². The Morgan fingerprint density at radius 1 is 1.09 bits per heavy atom. The highest BCUT2D eigenvalue weighted by Crippen LogP contribution is 2.42. The molecule has 4 rings (SSSR count). The van der Waals surface area contributed by atoms with Crippen molar-refractivity contribution in [1.82, 2.24) is 4.98 Å². The average Bonchev–Trinajstić information content (AvgIpc) is 2.84. The molecule has 3 aromatic rings. The zero-order valence-corrected chi connectivity index (χ0v) is 18.3.